The molecule has 9 nitrogen and oxygen atoms in total. The van der Waals surface area contributed by atoms with Crippen LogP contribution < -0.4 is 15.0 Å². The maximum atomic E-state index is 14.4. The molecule has 1 aliphatic carbocycles. The Morgan fingerprint density at radius 1 is 1.05 bits per heavy atom. The molecule has 3 aromatic heterocycles. The largest absolute Gasteiger partial charge is 0.472 e. The quantitative estimate of drug-likeness (QED) is 0.398. The van der Waals surface area contributed by atoms with Crippen molar-refractivity contribution in [3.05, 3.63) is 35.9 Å². The van der Waals surface area contributed by atoms with E-state index in [4.69, 9.17) is 19.3 Å². The summed E-state index contributed by atoms with van der Waals surface area (Å²) < 4.78 is 72.5. The van der Waals surface area contributed by atoms with E-state index in [-0.39, 0.29) is 18.2 Å². The summed E-state index contributed by atoms with van der Waals surface area (Å²) in [6.45, 7) is 3.98. The number of halogens is 4. The molecule has 2 aliphatic rings. The van der Waals surface area contributed by atoms with Gasteiger partial charge in [0.25, 0.3) is 5.88 Å². The Kier molecular flexibility index (Phi) is 7.81. The molecule has 3 aromatic rings. The van der Waals surface area contributed by atoms with Crippen molar-refractivity contribution in [1.82, 2.24) is 19.7 Å². The molecule has 13 heteroatoms. The molecule has 2 atom stereocenters. The summed E-state index contributed by atoms with van der Waals surface area (Å²) in [7, 11) is 3.34. The van der Waals surface area contributed by atoms with Gasteiger partial charge in [0.15, 0.2) is 11.6 Å². The molecule has 0 amide bonds. The maximum absolute atomic E-state index is 14.4. The topological polar surface area (TPSA) is 86.6 Å². The van der Waals surface area contributed by atoms with Crippen molar-refractivity contribution >= 4 is 22.5 Å². The predicted octanol–water partition coefficient (Wildman–Crippen LogP) is 4.83. The molecule has 212 valence electrons. The first-order valence-electron chi connectivity index (χ1n) is 13.0. The smallest absolute Gasteiger partial charge is 0.419 e. The van der Waals surface area contributed by atoms with Crippen molar-refractivity contribution < 1.29 is 31.8 Å². The van der Waals surface area contributed by atoms with Crippen LogP contribution in [0.2, 0.25) is 0 Å². The van der Waals surface area contributed by atoms with E-state index in [2.05, 4.69) is 20.2 Å². The molecule has 0 radical (unpaired) electrons. The average molecular weight is 553 g/mol. The van der Waals surface area contributed by atoms with Crippen LogP contribution in [0.3, 0.4) is 0 Å². The standard InChI is InChI=1S/C26H32F4N6O3/c1-4-31-22-11-19-17(12-33-22)24(35-13-20(37-2)21(14-35)38-3)34-36(19)15-5-7-16(8-6-15)39-25-23(27)18(9-10-32-25)26(28,29)30/h9-12,15-16,20-21H,4-8,13-14H2,1-3H3,(H,31,33)/t15-,16+,20-,21-/m1/s1. The highest BCUT2D eigenvalue weighted by molar-refractivity contribution is 5.91. The van der Waals surface area contributed by atoms with Gasteiger partial charge in [0.05, 0.1) is 22.5 Å². The third kappa shape index (κ3) is 5.46. The van der Waals surface area contributed by atoms with Gasteiger partial charge in [-0.05, 0) is 38.7 Å². The Labute approximate surface area is 223 Å². The van der Waals surface area contributed by atoms with E-state index in [0.29, 0.717) is 44.8 Å². The number of methoxy groups -OCH3 is 2. The van der Waals surface area contributed by atoms with Crippen molar-refractivity contribution in [2.75, 3.05) is 44.1 Å². The summed E-state index contributed by atoms with van der Waals surface area (Å²) >= 11 is 0. The van der Waals surface area contributed by atoms with Gasteiger partial charge < -0.3 is 24.4 Å². The summed E-state index contributed by atoms with van der Waals surface area (Å²) in [5.41, 5.74) is -0.448. The second-order valence-corrected chi connectivity index (χ2v) is 9.86. The third-order valence-corrected chi connectivity index (χ3v) is 7.48. The normalized spacial score (nSPS) is 23.9. The zero-order chi connectivity index (χ0) is 27.7. The van der Waals surface area contributed by atoms with Gasteiger partial charge in [-0.1, -0.05) is 0 Å². The van der Waals surface area contributed by atoms with E-state index >= 15 is 0 Å². The van der Waals surface area contributed by atoms with E-state index < -0.39 is 29.5 Å². The van der Waals surface area contributed by atoms with Gasteiger partial charge in [-0.3, -0.25) is 4.68 Å². The lowest BCUT2D eigenvalue weighted by Crippen LogP contribution is -2.27. The molecule has 1 N–H and O–H groups in total. The number of anilines is 2. The molecule has 1 saturated heterocycles. The molecule has 4 heterocycles. The van der Waals surface area contributed by atoms with Crippen LogP contribution in [0, 0.1) is 5.82 Å². The first-order valence-corrected chi connectivity index (χ1v) is 13.0. The molecule has 2 fully saturated rings. The first-order chi connectivity index (χ1) is 18.7. The number of hydrogen-bond acceptors (Lipinski definition) is 8. The lowest BCUT2D eigenvalue weighted by molar-refractivity contribution is -0.140. The third-order valence-electron chi connectivity index (χ3n) is 7.48. The lowest BCUT2D eigenvalue weighted by atomic mass is 9.93. The molecule has 0 bridgehead atoms. The van der Waals surface area contributed by atoms with Crippen LogP contribution in [0.1, 0.15) is 44.2 Å². The van der Waals surface area contributed by atoms with Crippen molar-refractivity contribution in [3.8, 4) is 5.88 Å². The number of pyridine rings is 2. The fourth-order valence-electron chi connectivity index (χ4n) is 5.47. The summed E-state index contributed by atoms with van der Waals surface area (Å²) in [4.78, 5) is 10.4. The van der Waals surface area contributed by atoms with Crippen LogP contribution in [-0.2, 0) is 15.7 Å². The Morgan fingerprint density at radius 3 is 2.36 bits per heavy atom. The Hall–Kier alpha value is -3.19. The Balaban J connectivity index is 1.37. The highest BCUT2D eigenvalue weighted by Gasteiger charge is 2.38. The molecule has 1 aliphatic heterocycles. The van der Waals surface area contributed by atoms with Crippen molar-refractivity contribution in [3.63, 3.8) is 0 Å². The second-order valence-electron chi connectivity index (χ2n) is 9.86. The molecule has 0 spiro atoms. The zero-order valence-corrected chi connectivity index (χ0v) is 22.0. The van der Waals surface area contributed by atoms with Crippen LogP contribution in [0.25, 0.3) is 10.9 Å². The molecule has 0 unspecified atom stereocenters. The lowest BCUT2D eigenvalue weighted by Gasteiger charge is -2.29. The van der Waals surface area contributed by atoms with Crippen molar-refractivity contribution in [1.29, 1.82) is 0 Å². The summed E-state index contributed by atoms with van der Waals surface area (Å²) in [6, 6.07) is 2.62. The van der Waals surface area contributed by atoms with Gasteiger partial charge in [0.2, 0.25) is 0 Å². The monoisotopic (exact) mass is 552 g/mol. The van der Waals surface area contributed by atoms with E-state index in [1.54, 1.807) is 14.2 Å². The maximum Gasteiger partial charge on any atom is 0.419 e. The van der Waals surface area contributed by atoms with Crippen molar-refractivity contribution in [2.24, 2.45) is 0 Å². The minimum Gasteiger partial charge on any atom is -0.472 e. The molecular weight excluding hydrogens is 520 g/mol. The summed E-state index contributed by atoms with van der Waals surface area (Å²) in [6.07, 6.45) is -0.339. The Morgan fingerprint density at radius 2 is 1.74 bits per heavy atom. The molecule has 1 saturated carbocycles. The van der Waals surface area contributed by atoms with E-state index in [1.807, 2.05) is 23.9 Å². The minimum absolute atomic E-state index is 0.0244. The van der Waals surface area contributed by atoms with Crippen LogP contribution in [0.4, 0.5) is 29.2 Å². The second kappa shape index (κ2) is 11.1. The van der Waals surface area contributed by atoms with Crippen LogP contribution in [0.5, 0.6) is 5.88 Å². The minimum atomic E-state index is -4.82. The van der Waals surface area contributed by atoms with Gasteiger partial charge in [-0.15, -0.1) is 0 Å². The SMILES string of the molecule is CCNc1cc2c(cn1)c(N1C[C@@H](OC)[C@H](OC)C1)nn2[C@H]1CC[C@@H](Oc2nccc(C(F)(F)F)c2F)CC1. The number of alkyl halides is 3. The molecule has 5 rings (SSSR count). The molecule has 0 aromatic carbocycles. The number of hydrogen-bond donors (Lipinski definition) is 1. The fourth-order valence-corrected chi connectivity index (χ4v) is 5.47. The number of nitrogens with zero attached hydrogens (tertiary/aromatic N) is 5. The first kappa shape index (κ1) is 27.4. The fraction of sp³-hybridized carbons (Fsp3) is 0.577. The van der Waals surface area contributed by atoms with Gasteiger partial charge in [-0.2, -0.15) is 18.3 Å². The predicted molar refractivity (Wildman–Crippen MR) is 137 cm³/mol. The summed E-state index contributed by atoms with van der Waals surface area (Å²) in [5, 5.41) is 9.18. The van der Waals surface area contributed by atoms with Gasteiger partial charge in [0.1, 0.15) is 24.1 Å². The highest BCUT2D eigenvalue weighted by atomic mass is 19.4. The van der Waals surface area contributed by atoms with E-state index in [9.17, 15) is 17.6 Å². The van der Waals surface area contributed by atoms with Crippen molar-refractivity contribution in [2.45, 2.75) is 63.1 Å². The number of ether oxygens (including phenoxy) is 3. The Bertz CT molecular complexity index is 1280. The number of aromatic nitrogens is 4. The average Bonchev–Trinajstić information content (AvgIpc) is 3.51. The van der Waals surface area contributed by atoms with Gasteiger partial charge in [0, 0.05) is 52.3 Å². The number of rotatable bonds is 8. The van der Waals surface area contributed by atoms with E-state index in [1.165, 1.54) is 0 Å². The van der Waals surface area contributed by atoms with E-state index in [0.717, 1.165) is 35.3 Å². The van der Waals surface area contributed by atoms with Gasteiger partial charge in [-0.25, -0.2) is 14.4 Å². The van der Waals surface area contributed by atoms with Crippen LogP contribution in [-0.4, -0.2) is 71.9 Å². The molecular formula is C26H32F4N6O3. The number of nitrogens with one attached hydrogen (secondary N) is 1. The van der Waals surface area contributed by atoms with Crippen LogP contribution >= 0.6 is 0 Å². The van der Waals surface area contributed by atoms with Gasteiger partial charge >= 0.3 is 6.18 Å². The highest BCUT2D eigenvalue weighted by Crippen LogP contribution is 2.38. The zero-order valence-electron chi connectivity index (χ0n) is 22.0. The number of fused-ring (bicyclic) bond motifs is 1. The van der Waals surface area contributed by atoms with Crippen LogP contribution in [0.15, 0.2) is 24.5 Å². The molecule has 39 heavy (non-hydrogen) atoms. The summed E-state index contributed by atoms with van der Waals surface area (Å²) in [5.74, 6) is -0.550.